The molecule has 1 fully saturated rings. The van der Waals surface area contributed by atoms with E-state index in [-0.39, 0.29) is 11.9 Å². The molecule has 1 aliphatic rings. The van der Waals surface area contributed by atoms with Gasteiger partial charge < -0.3 is 4.74 Å². The van der Waals surface area contributed by atoms with Gasteiger partial charge in [-0.05, 0) is 7.05 Å². The summed E-state index contributed by atoms with van der Waals surface area (Å²) in [5.41, 5.74) is 0.541. The number of aromatic nitrogens is 2. The summed E-state index contributed by atoms with van der Waals surface area (Å²) < 4.78 is 6.75. The second-order valence-corrected chi connectivity index (χ2v) is 3.92. The van der Waals surface area contributed by atoms with E-state index >= 15 is 0 Å². The summed E-state index contributed by atoms with van der Waals surface area (Å²) in [7, 11) is 3.55. The molecule has 1 unspecified atom stereocenters. The van der Waals surface area contributed by atoms with Crippen molar-refractivity contribution in [3.8, 4) is 0 Å². The zero-order valence-electron chi connectivity index (χ0n) is 9.29. The first kappa shape index (κ1) is 11.0. The lowest BCUT2D eigenvalue weighted by atomic mass is 10.2. The van der Waals surface area contributed by atoms with E-state index in [0.717, 1.165) is 13.0 Å². The summed E-state index contributed by atoms with van der Waals surface area (Å²) in [6.45, 7) is 1.20. The van der Waals surface area contributed by atoms with E-state index in [4.69, 9.17) is 4.74 Å². The predicted molar refractivity (Wildman–Crippen MR) is 55.7 cm³/mol. The Balaban J connectivity index is 2.10. The second kappa shape index (κ2) is 4.18. The lowest BCUT2D eigenvalue weighted by Crippen LogP contribution is -2.41. The molecule has 2 rings (SSSR count). The maximum absolute atomic E-state index is 10.8. The first-order chi connectivity index (χ1) is 7.58. The van der Waals surface area contributed by atoms with Crippen LogP contribution >= 0.6 is 0 Å². The quantitative estimate of drug-likeness (QED) is 0.552. The van der Waals surface area contributed by atoms with Crippen molar-refractivity contribution in [3.05, 3.63) is 22.0 Å². The van der Waals surface area contributed by atoms with Crippen molar-refractivity contribution < 1.29 is 9.66 Å². The van der Waals surface area contributed by atoms with Gasteiger partial charge in [-0.1, -0.05) is 0 Å². The molecule has 0 aliphatic carbocycles. The third kappa shape index (κ3) is 2.05. The molecular formula is C9H14N4O3. The van der Waals surface area contributed by atoms with Crippen LogP contribution in [-0.4, -0.2) is 39.5 Å². The van der Waals surface area contributed by atoms with Crippen LogP contribution in [0.4, 0.5) is 5.69 Å². The summed E-state index contributed by atoms with van der Waals surface area (Å²) in [5, 5.41) is 14.9. The molecule has 7 nitrogen and oxygen atoms in total. The summed E-state index contributed by atoms with van der Waals surface area (Å²) in [5.74, 6) is 0. The molecule has 1 aromatic heterocycles. The van der Waals surface area contributed by atoms with Gasteiger partial charge in [0.25, 0.3) is 0 Å². The van der Waals surface area contributed by atoms with E-state index in [1.165, 1.54) is 10.9 Å². The Hall–Kier alpha value is -1.47. The van der Waals surface area contributed by atoms with E-state index in [1.807, 2.05) is 11.9 Å². The third-order valence-corrected chi connectivity index (χ3v) is 2.65. The summed E-state index contributed by atoms with van der Waals surface area (Å²) in [6, 6.07) is 0. The maximum Gasteiger partial charge on any atom is 0.311 e. The number of rotatable bonds is 4. The van der Waals surface area contributed by atoms with Crippen LogP contribution in [-0.2, 0) is 18.3 Å². The van der Waals surface area contributed by atoms with Crippen molar-refractivity contribution in [1.29, 1.82) is 0 Å². The Morgan fingerprint density at radius 1 is 1.81 bits per heavy atom. The number of aryl methyl sites for hydroxylation is 1. The molecule has 1 aromatic rings. The Morgan fingerprint density at radius 3 is 3.00 bits per heavy atom. The van der Waals surface area contributed by atoms with E-state index in [1.54, 1.807) is 7.05 Å². The largest absolute Gasteiger partial charge is 0.363 e. The van der Waals surface area contributed by atoms with E-state index in [2.05, 4.69) is 5.10 Å². The van der Waals surface area contributed by atoms with Gasteiger partial charge in [-0.3, -0.25) is 19.7 Å². The Morgan fingerprint density at radius 2 is 2.50 bits per heavy atom. The van der Waals surface area contributed by atoms with Crippen molar-refractivity contribution in [1.82, 2.24) is 14.7 Å². The highest BCUT2D eigenvalue weighted by atomic mass is 16.6. The highest BCUT2D eigenvalue weighted by Crippen LogP contribution is 2.21. The van der Waals surface area contributed by atoms with Crippen LogP contribution in [0, 0.1) is 10.1 Å². The smallest absolute Gasteiger partial charge is 0.311 e. The molecule has 1 aliphatic heterocycles. The highest BCUT2D eigenvalue weighted by molar-refractivity contribution is 5.32. The van der Waals surface area contributed by atoms with Crippen LogP contribution in [0.3, 0.4) is 0 Å². The zero-order valence-corrected chi connectivity index (χ0v) is 9.29. The summed E-state index contributed by atoms with van der Waals surface area (Å²) in [6.07, 6.45) is 2.46. The van der Waals surface area contributed by atoms with Gasteiger partial charge >= 0.3 is 5.69 Å². The second-order valence-electron chi connectivity index (χ2n) is 3.92. The first-order valence-corrected chi connectivity index (χ1v) is 5.06. The number of hydrogen-bond acceptors (Lipinski definition) is 5. The van der Waals surface area contributed by atoms with Crippen LogP contribution < -0.4 is 0 Å². The topological polar surface area (TPSA) is 73.4 Å². The Labute approximate surface area is 92.7 Å². The lowest BCUT2D eigenvalue weighted by molar-refractivity contribution is -0.385. The number of nitrogens with zero attached hydrogens (tertiary/aromatic N) is 4. The van der Waals surface area contributed by atoms with E-state index in [9.17, 15) is 10.1 Å². The van der Waals surface area contributed by atoms with Crippen molar-refractivity contribution >= 4 is 5.69 Å². The van der Waals surface area contributed by atoms with Crippen molar-refractivity contribution in [2.75, 3.05) is 13.7 Å². The van der Waals surface area contributed by atoms with Crippen molar-refractivity contribution in [3.63, 3.8) is 0 Å². The minimum absolute atomic E-state index is 0.0636. The molecule has 0 bridgehead atoms. The number of hydrogen-bond donors (Lipinski definition) is 0. The average molecular weight is 226 g/mol. The lowest BCUT2D eigenvalue weighted by Gasteiger charge is -2.34. The predicted octanol–water partition coefficient (Wildman–Crippen LogP) is 0.506. The van der Waals surface area contributed by atoms with Gasteiger partial charge in [0.2, 0.25) is 0 Å². The molecule has 0 aromatic carbocycles. The van der Waals surface area contributed by atoms with Crippen molar-refractivity contribution in [2.45, 2.75) is 19.2 Å². The standard InChI is InChI=1S/C9H14N4O3/c1-11(9-3-4-16-9)5-7-8(13(14)15)6-12(2)10-7/h6,9H,3-5H2,1-2H3. The molecule has 1 saturated heterocycles. The minimum Gasteiger partial charge on any atom is -0.363 e. The van der Waals surface area contributed by atoms with Crippen LogP contribution in [0.1, 0.15) is 12.1 Å². The Kier molecular flexibility index (Phi) is 2.88. The molecule has 0 amide bonds. The summed E-state index contributed by atoms with van der Waals surface area (Å²) in [4.78, 5) is 12.3. The molecule has 2 heterocycles. The number of ether oxygens (including phenoxy) is 1. The maximum atomic E-state index is 10.8. The fourth-order valence-electron chi connectivity index (χ4n) is 1.70. The number of nitro groups is 1. The highest BCUT2D eigenvalue weighted by Gasteiger charge is 2.26. The van der Waals surface area contributed by atoms with Crippen molar-refractivity contribution in [2.24, 2.45) is 7.05 Å². The average Bonchev–Trinajstić information content (AvgIpc) is 2.43. The SMILES string of the molecule is CN(Cc1nn(C)cc1[N+](=O)[O-])C1CCO1. The van der Waals surface area contributed by atoms with Gasteiger partial charge in [0.15, 0.2) is 5.69 Å². The van der Waals surface area contributed by atoms with Gasteiger partial charge in [-0.15, -0.1) is 0 Å². The van der Waals surface area contributed by atoms with Gasteiger partial charge in [0.1, 0.15) is 12.4 Å². The van der Waals surface area contributed by atoms with E-state index < -0.39 is 4.92 Å². The van der Waals surface area contributed by atoms with Crippen LogP contribution in [0.5, 0.6) is 0 Å². The molecule has 1 atom stereocenters. The van der Waals surface area contributed by atoms with Crippen LogP contribution in [0.15, 0.2) is 6.20 Å². The zero-order chi connectivity index (χ0) is 11.7. The molecule has 7 heteroatoms. The molecule has 0 saturated carbocycles. The van der Waals surface area contributed by atoms with Crippen LogP contribution in [0.2, 0.25) is 0 Å². The summed E-state index contributed by atoms with van der Waals surface area (Å²) >= 11 is 0. The van der Waals surface area contributed by atoms with Gasteiger partial charge in [-0.2, -0.15) is 5.10 Å². The van der Waals surface area contributed by atoms with Gasteiger partial charge in [0.05, 0.1) is 18.1 Å². The molecular weight excluding hydrogens is 212 g/mol. The third-order valence-electron chi connectivity index (χ3n) is 2.65. The van der Waals surface area contributed by atoms with Gasteiger partial charge in [-0.25, -0.2) is 0 Å². The molecule has 0 radical (unpaired) electrons. The normalized spacial score (nSPS) is 19.8. The monoisotopic (exact) mass is 226 g/mol. The first-order valence-electron chi connectivity index (χ1n) is 5.06. The minimum atomic E-state index is -0.405. The van der Waals surface area contributed by atoms with Gasteiger partial charge in [0, 0.05) is 13.5 Å². The fourth-order valence-corrected chi connectivity index (χ4v) is 1.70. The molecule has 16 heavy (non-hydrogen) atoms. The molecule has 88 valence electrons. The van der Waals surface area contributed by atoms with E-state index in [0.29, 0.717) is 12.2 Å². The molecule has 0 N–H and O–H groups in total. The van der Waals surface area contributed by atoms with Crippen LogP contribution in [0.25, 0.3) is 0 Å². The Bertz CT molecular complexity index is 399. The molecule has 0 spiro atoms. The fraction of sp³-hybridized carbons (Fsp3) is 0.667.